The fourth-order valence-electron chi connectivity index (χ4n) is 5.90. The van der Waals surface area contributed by atoms with E-state index in [1.807, 2.05) is 206 Å². The number of ether oxygens (including phenoxy) is 6. The molecule has 57 heavy (non-hydrogen) atoms. The summed E-state index contributed by atoms with van der Waals surface area (Å²) in [5.74, 6) is 8.29. The van der Waals surface area contributed by atoms with Crippen LogP contribution in [0.25, 0.3) is 0 Å². The predicted octanol–water partition coefficient (Wildman–Crippen LogP) is 14.9. The molecule has 0 bridgehead atoms. The van der Waals surface area contributed by atoms with Gasteiger partial charge in [-0.3, -0.25) is 0 Å². The van der Waals surface area contributed by atoms with Gasteiger partial charge in [0.25, 0.3) is 0 Å². The largest absolute Gasteiger partial charge is 0.453 e. The van der Waals surface area contributed by atoms with Crippen molar-refractivity contribution in [1.29, 1.82) is 0 Å². The Morgan fingerprint density at radius 3 is 0.772 bits per heavy atom. The SMILES string of the molecule is c1ccc(Oc2ccc(CSCc3ccc(Oc4ccccc4)c(Oc4ccccc4)c3Oc3ccccc3)c(Oc3ccccc3)c2Oc2ccccc2)cc1. The number of thioether (sulfide) groups is 1. The highest BCUT2D eigenvalue weighted by atomic mass is 32.2. The van der Waals surface area contributed by atoms with Gasteiger partial charge < -0.3 is 28.4 Å². The summed E-state index contributed by atoms with van der Waals surface area (Å²) < 4.78 is 39.4. The highest BCUT2D eigenvalue weighted by Gasteiger charge is 2.23. The van der Waals surface area contributed by atoms with E-state index in [0.717, 1.165) is 11.1 Å². The molecule has 8 aromatic carbocycles. The summed E-state index contributed by atoms with van der Waals surface area (Å²) in [4.78, 5) is 0. The molecular weight excluding hydrogens is 729 g/mol. The summed E-state index contributed by atoms with van der Waals surface area (Å²) in [6.07, 6.45) is 0. The molecule has 0 aromatic heterocycles. The van der Waals surface area contributed by atoms with E-state index in [1.165, 1.54) is 0 Å². The number of hydrogen-bond donors (Lipinski definition) is 0. The molecule has 0 spiro atoms. The number of para-hydroxylation sites is 6. The highest BCUT2D eigenvalue weighted by Crippen LogP contribution is 2.49. The van der Waals surface area contributed by atoms with Crippen molar-refractivity contribution < 1.29 is 28.4 Å². The molecule has 0 saturated heterocycles. The van der Waals surface area contributed by atoms with Crippen LogP contribution in [0.3, 0.4) is 0 Å². The van der Waals surface area contributed by atoms with Gasteiger partial charge in [0.1, 0.15) is 34.5 Å². The first-order valence-electron chi connectivity index (χ1n) is 18.5. The Morgan fingerprint density at radius 1 is 0.246 bits per heavy atom. The third kappa shape index (κ3) is 9.78. The van der Waals surface area contributed by atoms with Crippen molar-refractivity contribution in [2.75, 3.05) is 0 Å². The van der Waals surface area contributed by atoms with Gasteiger partial charge in [-0.2, -0.15) is 11.8 Å². The minimum atomic E-state index is 0.473. The van der Waals surface area contributed by atoms with E-state index in [9.17, 15) is 0 Å². The smallest absolute Gasteiger partial charge is 0.212 e. The monoisotopic (exact) mass is 766 g/mol. The Bertz CT molecular complexity index is 2290. The zero-order valence-corrected chi connectivity index (χ0v) is 31.7. The first kappa shape index (κ1) is 36.9. The van der Waals surface area contributed by atoms with Gasteiger partial charge in [-0.15, -0.1) is 0 Å². The maximum atomic E-state index is 6.68. The van der Waals surface area contributed by atoms with Crippen LogP contribution >= 0.6 is 11.8 Å². The minimum absolute atomic E-state index is 0.473. The summed E-state index contributed by atoms with van der Waals surface area (Å²) in [5, 5.41) is 0. The van der Waals surface area contributed by atoms with E-state index in [4.69, 9.17) is 28.4 Å². The molecule has 6 nitrogen and oxygen atoms in total. The third-order valence-electron chi connectivity index (χ3n) is 8.62. The third-order valence-corrected chi connectivity index (χ3v) is 9.66. The van der Waals surface area contributed by atoms with Crippen LogP contribution in [0, 0.1) is 0 Å². The summed E-state index contributed by atoms with van der Waals surface area (Å²) >= 11 is 1.71. The van der Waals surface area contributed by atoms with Crippen molar-refractivity contribution in [3.8, 4) is 69.0 Å². The second-order valence-corrected chi connectivity index (χ2v) is 13.7. The molecule has 8 aromatic rings. The van der Waals surface area contributed by atoms with Crippen LogP contribution in [0.4, 0.5) is 0 Å². The first-order chi connectivity index (χ1) is 28.2. The molecule has 8 rings (SSSR count). The van der Waals surface area contributed by atoms with Crippen LogP contribution in [0.5, 0.6) is 69.0 Å². The van der Waals surface area contributed by atoms with Crippen LogP contribution < -0.4 is 28.4 Å². The van der Waals surface area contributed by atoms with Crippen LogP contribution in [0.15, 0.2) is 206 Å². The quantitative estimate of drug-likeness (QED) is 0.0970. The van der Waals surface area contributed by atoms with Crippen molar-refractivity contribution in [2.45, 2.75) is 11.5 Å². The van der Waals surface area contributed by atoms with Gasteiger partial charge in [0, 0.05) is 22.6 Å². The molecule has 0 amide bonds. The summed E-state index contributed by atoms with van der Waals surface area (Å²) in [6, 6.07) is 65.9. The molecule has 0 aliphatic carbocycles. The average Bonchev–Trinajstić information content (AvgIpc) is 3.26. The summed E-state index contributed by atoms with van der Waals surface area (Å²) in [7, 11) is 0. The molecule has 0 aliphatic heterocycles. The molecule has 0 N–H and O–H groups in total. The lowest BCUT2D eigenvalue weighted by Crippen LogP contribution is -2.00. The number of benzene rings is 8. The number of rotatable bonds is 16. The van der Waals surface area contributed by atoms with Gasteiger partial charge in [0.05, 0.1) is 0 Å². The fourth-order valence-corrected chi connectivity index (χ4v) is 6.90. The zero-order valence-electron chi connectivity index (χ0n) is 30.9. The Morgan fingerprint density at radius 2 is 0.491 bits per heavy atom. The second-order valence-electron chi connectivity index (χ2n) is 12.7. The van der Waals surface area contributed by atoms with Crippen LogP contribution in [-0.2, 0) is 11.5 Å². The molecule has 0 radical (unpaired) electrons. The molecule has 7 heteroatoms. The first-order valence-corrected chi connectivity index (χ1v) is 19.7. The molecule has 0 saturated carbocycles. The van der Waals surface area contributed by atoms with Crippen LogP contribution in [0.1, 0.15) is 11.1 Å². The number of hydrogen-bond acceptors (Lipinski definition) is 7. The van der Waals surface area contributed by atoms with Gasteiger partial charge >= 0.3 is 0 Å². The van der Waals surface area contributed by atoms with Crippen molar-refractivity contribution in [3.05, 3.63) is 217 Å². The van der Waals surface area contributed by atoms with E-state index in [-0.39, 0.29) is 0 Å². The minimum Gasteiger partial charge on any atom is -0.453 e. The van der Waals surface area contributed by atoms with Gasteiger partial charge in [-0.05, 0) is 84.9 Å². The second kappa shape index (κ2) is 18.5. The van der Waals surface area contributed by atoms with Gasteiger partial charge in [-0.25, -0.2) is 0 Å². The standard InChI is InChI=1S/C50H38O6S/c1-7-19-39(20-8-1)51-45-33-31-37(47(53-41-23-11-3-12-24-41)49(45)55-43-27-15-5-16-28-43)35-57-36-38-32-34-46(52-40-21-9-2-10-22-40)50(56-44-29-17-6-18-30-44)48(38)54-42-25-13-4-14-26-42/h1-34H,35-36H2. The van der Waals surface area contributed by atoms with Crippen molar-refractivity contribution in [3.63, 3.8) is 0 Å². The van der Waals surface area contributed by atoms with Gasteiger partial charge in [0.2, 0.25) is 11.5 Å². The molecule has 0 aliphatic rings. The molecule has 0 unspecified atom stereocenters. The topological polar surface area (TPSA) is 55.4 Å². The van der Waals surface area contributed by atoms with E-state index in [2.05, 4.69) is 0 Å². The van der Waals surface area contributed by atoms with Gasteiger partial charge in [0.15, 0.2) is 23.0 Å². The maximum absolute atomic E-state index is 6.68. The normalized spacial score (nSPS) is 10.7. The molecule has 0 heterocycles. The lowest BCUT2D eigenvalue weighted by Gasteiger charge is -2.21. The molecule has 0 fully saturated rings. The summed E-state index contributed by atoms with van der Waals surface area (Å²) in [6.45, 7) is 0. The Balaban J connectivity index is 1.16. The lowest BCUT2D eigenvalue weighted by atomic mass is 10.1. The predicted molar refractivity (Wildman–Crippen MR) is 227 cm³/mol. The van der Waals surface area contributed by atoms with Gasteiger partial charge in [-0.1, -0.05) is 121 Å². The Kier molecular flexibility index (Phi) is 12.0. The maximum Gasteiger partial charge on any atom is 0.212 e. The van der Waals surface area contributed by atoms with E-state index >= 15 is 0 Å². The Labute approximate surface area is 336 Å². The fraction of sp³-hybridized carbons (Fsp3) is 0.0400. The lowest BCUT2D eigenvalue weighted by molar-refractivity contribution is 0.384. The zero-order chi connectivity index (χ0) is 38.5. The molecule has 280 valence electrons. The van der Waals surface area contributed by atoms with Crippen molar-refractivity contribution in [2.24, 2.45) is 0 Å². The van der Waals surface area contributed by atoms with E-state index in [1.54, 1.807) is 11.8 Å². The van der Waals surface area contributed by atoms with Crippen molar-refractivity contribution >= 4 is 11.8 Å². The Hall–Kier alpha value is -7.09. The van der Waals surface area contributed by atoms with Crippen LogP contribution in [-0.4, -0.2) is 0 Å². The highest BCUT2D eigenvalue weighted by molar-refractivity contribution is 7.97. The molecular formula is C50H38O6S. The van der Waals surface area contributed by atoms with E-state index in [0.29, 0.717) is 80.5 Å². The summed E-state index contributed by atoms with van der Waals surface area (Å²) in [5.41, 5.74) is 1.84. The van der Waals surface area contributed by atoms with Crippen LogP contribution in [0.2, 0.25) is 0 Å². The van der Waals surface area contributed by atoms with E-state index < -0.39 is 0 Å². The average molecular weight is 767 g/mol. The van der Waals surface area contributed by atoms with Crippen molar-refractivity contribution in [1.82, 2.24) is 0 Å². The molecule has 0 atom stereocenters.